The number of guanidine groups is 1. The molecule has 0 aliphatic carbocycles. The second kappa shape index (κ2) is 10.1. The standard InChI is InChI=1S/C20H26N4O/c1-16(18-11-7-4-8-12-18)24-20(21-2)22-14-13-19(25)23-15-17-9-5-3-6-10-17/h3-12,16H,13-15H2,1-2H3,(H,23,25)(H2,21,22,24). The van der Waals surface area contributed by atoms with E-state index in [1.165, 1.54) is 5.56 Å². The number of rotatable bonds is 7. The molecule has 1 unspecified atom stereocenters. The van der Waals surface area contributed by atoms with Gasteiger partial charge in [0.15, 0.2) is 5.96 Å². The third-order valence-electron chi connectivity index (χ3n) is 3.85. The van der Waals surface area contributed by atoms with Crippen molar-refractivity contribution >= 4 is 11.9 Å². The van der Waals surface area contributed by atoms with Crippen molar-refractivity contribution in [3.05, 3.63) is 71.8 Å². The molecule has 0 bridgehead atoms. The molecule has 0 heterocycles. The van der Waals surface area contributed by atoms with Crippen LogP contribution in [0.2, 0.25) is 0 Å². The number of benzene rings is 2. The number of amides is 1. The van der Waals surface area contributed by atoms with E-state index in [1.807, 2.05) is 48.5 Å². The van der Waals surface area contributed by atoms with E-state index in [-0.39, 0.29) is 11.9 Å². The van der Waals surface area contributed by atoms with Crippen LogP contribution < -0.4 is 16.0 Å². The lowest BCUT2D eigenvalue weighted by molar-refractivity contribution is -0.121. The van der Waals surface area contributed by atoms with E-state index in [1.54, 1.807) is 7.05 Å². The van der Waals surface area contributed by atoms with Crippen molar-refractivity contribution < 1.29 is 4.79 Å². The first kappa shape index (κ1) is 18.5. The molecule has 0 radical (unpaired) electrons. The van der Waals surface area contributed by atoms with Crippen LogP contribution in [-0.2, 0) is 11.3 Å². The lowest BCUT2D eigenvalue weighted by atomic mass is 10.1. The molecule has 132 valence electrons. The first-order chi connectivity index (χ1) is 12.2. The number of carbonyl (C=O) groups is 1. The number of nitrogens with zero attached hydrogens (tertiary/aromatic N) is 1. The number of aliphatic imine (C=N–C) groups is 1. The van der Waals surface area contributed by atoms with Gasteiger partial charge in [-0.05, 0) is 18.1 Å². The predicted octanol–water partition coefficient (Wildman–Crippen LogP) is 2.62. The average Bonchev–Trinajstić information content (AvgIpc) is 2.67. The van der Waals surface area contributed by atoms with Gasteiger partial charge in [0.1, 0.15) is 0 Å². The van der Waals surface area contributed by atoms with Gasteiger partial charge in [-0.25, -0.2) is 0 Å². The molecule has 2 aromatic rings. The minimum absolute atomic E-state index is 0.0166. The lowest BCUT2D eigenvalue weighted by Crippen LogP contribution is -2.40. The number of carbonyl (C=O) groups excluding carboxylic acids is 1. The van der Waals surface area contributed by atoms with Gasteiger partial charge in [0, 0.05) is 26.6 Å². The maximum Gasteiger partial charge on any atom is 0.222 e. The molecule has 1 amide bonds. The van der Waals surface area contributed by atoms with E-state index >= 15 is 0 Å². The maximum atomic E-state index is 11.9. The summed E-state index contributed by atoms with van der Waals surface area (Å²) in [6.45, 7) is 3.16. The summed E-state index contributed by atoms with van der Waals surface area (Å²) in [5.74, 6) is 0.704. The van der Waals surface area contributed by atoms with E-state index in [0.29, 0.717) is 25.5 Å². The molecule has 0 saturated heterocycles. The van der Waals surface area contributed by atoms with Crippen LogP contribution in [0.25, 0.3) is 0 Å². The van der Waals surface area contributed by atoms with Crippen molar-refractivity contribution in [1.29, 1.82) is 0 Å². The van der Waals surface area contributed by atoms with Gasteiger partial charge in [0.2, 0.25) is 5.91 Å². The first-order valence-electron chi connectivity index (χ1n) is 8.52. The summed E-state index contributed by atoms with van der Waals surface area (Å²) in [6.07, 6.45) is 0.396. The number of hydrogen-bond acceptors (Lipinski definition) is 2. The van der Waals surface area contributed by atoms with Crippen LogP contribution in [-0.4, -0.2) is 25.5 Å². The van der Waals surface area contributed by atoms with Gasteiger partial charge in [0.25, 0.3) is 0 Å². The fraction of sp³-hybridized carbons (Fsp3) is 0.300. The molecule has 0 spiro atoms. The summed E-state index contributed by atoms with van der Waals surface area (Å²) < 4.78 is 0. The molecule has 0 fully saturated rings. The van der Waals surface area contributed by atoms with Crippen molar-refractivity contribution in [2.24, 2.45) is 4.99 Å². The highest BCUT2D eigenvalue weighted by atomic mass is 16.1. The Kier molecular flexibility index (Phi) is 7.50. The van der Waals surface area contributed by atoms with E-state index in [9.17, 15) is 4.79 Å². The molecule has 5 heteroatoms. The molecule has 2 aromatic carbocycles. The Hall–Kier alpha value is -2.82. The minimum Gasteiger partial charge on any atom is -0.356 e. The molecule has 0 aliphatic heterocycles. The fourth-order valence-corrected chi connectivity index (χ4v) is 2.40. The van der Waals surface area contributed by atoms with Crippen LogP contribution >= 0.6 is 0 Å². The summed E-state index contributed by atoms with van der Waals surface area (Å²) in [6, 6.07) is 20.2. The SMILES string of the molecule is CN=C(NCCC(=O)NCc1ccccc1)NC(C)c1ccccc1. The van der Waals surface area contributed by atoms with Gasteiger partial charge in [0.05, 0.1) is 6.04 Å². The Morgan fingerprint density at radius 3 is 2.28 bits per heavy atom. The summed E-state index contributed by atoms with van der Waals surface area (Å²) in [4.78, 5) is 16.1. The van der Waals surface area contributed by atoms with Gasteiger partial charge >= 0.3 is 0 Å². The molecule has 0 aromatic heterocycles. The Balaban J connectivity index is 1.69. The van der Waals surface area contributed by atoms with Crippen molar-refractivity contribution in [3.63, 3.8) is 0 Å². The lowest BCUT2D eigenvalue weighted by Gasteiger charge is -2.18. The van der Waals surface area contributed by atoms with Crippen molar-refractivity contribution in [2.75, 3.05) is 13.6 Å². The van der Waals surface area contributed by atoms with Gasteiger partial charge in [-0.3, -0.25) is 9.79 Å². The zero-order valence-electron chi connectivity index (χ0n) is 14.8. The number of hydrogen-bond donors (Lipinski definition) is 3. The molecular formula is C20H26N4O. The van der Waals surface area contributed by atoms with E-state index in [4.69, 9.17) is 0 Å². The van der Waals surface area contributed by atoms with E-state index in [0.717, 1.165) is 5.56 Å². The summed E-state index contributed by atoms with van der Waals surface area (Å²) in [7, 11) is 1.72. The highest BCUT2D eigenvalue weighted by Gasteiger charge is 2.07. The topological polar surface area (TPSA) is 65.5 Å². The molecule has 3 N–H and O–H groups in total. The third kappa shape index (κ3) is 6.67. The summed E-state index contributed by atoms with van der Waals surface area (Å²) >= 11 is 0. The molecule has 5 nitrogen and oxygen atoms in total. The minimum atomic E-state index is 0.0166. The van der Waals surface area contributed by atoms with Crippen LogP contribution in [0, 0.1) is 0 Å². The van der Waals surface area contributed by atoms with Gasteiger partial charge in [-0.1, -0.05) is 60.7 Å². The zero-order chi connectivity index (χ0) is 17.9. The van der Waals surface area contributed by atoms with Gasteiger partial charge < -0.3 is 16.0 Å². The largest absolute Gasteiger partial charge is 0.356 e. The average molecular weight is 338 g/mol. The first-order valence-corrected chi connectivity index (χ1v) is 8.52. The van der Waals surface area contributed by atoms with Crippen molar-refractivity contribution in [2.45, 2.75) is 25.9 Å². The maximum absolute atomic E-state index is 11.9. The molecule has 0 aliphatic rings. The van der Waals surface area contributed by atoms with Crippen molar-refractivity contribution in [1.82, 2.24) is 16.0 Å². The molecule has 25 heavy (non-hydrogen) atoms. The van der Waals surface area contributed by atoms with E-state index in [2.05, 4.69) is 40.0 Å². The summed E-state index contributed by atoms with van der Waals surface area (Å²) in [5.41, 5.74) is 2.28. The Morgan fingerprint density at radius 1 is 1.00 bits per heavy atom. The molecule has 2 rings (SSSR count). The highest BCUT2D eigenvalue weighted by Crippen LogP contribution is 2.10. The third-order valence-corrected chi connectivity index (χ3v) is 3.85. The smallest absolute Gasteiger partial charge is 0.222 e. The van der Waals surface area contributed by atoms with Crippen LogP contribution in [0.5, 0.6) is 0 Å². The van der Waals surface area contributed by atoms with E-state index < -0.39 is 0 Å². The highest BCUT2D eigenvalue weighted by molar-refractivity contribution is 5.81. The molecule has 1 atom stereocenters. The van der Waals surface area contributed by atoms with Crippen LogP contribution in [0.4, 0.5) is 0 Å². The normalized spacial score (nSPS) is 12.3. The van der Waals surface area contributed by atoms with Crippen LogP contribution in [0.15, 0.2) is 65.7 Å². The zero-order valence-corrected chi connectivity index (χ0v) is 14.8. The summed E-state index contributed by atoms with van der Waals surface area (Å²) in [5, 5.41) is 9.42. The van der Waals surface area contributed by atoms with Gasteiger partial charge in [-0.2, -0.15) is 0 Å². The Labute approximate surface area is 149 Å². The second-order valence-corrected chi connectivity index (χ2v) is 5.79. The molecule has 0 saturated carbocycles. The van der Waals surface area contributed by atoms with Gasteiger partial charge in [-0.15, -0.1) is 0 Å². The van der Waals surface area contributed by atoms with Crippen LogP contribution in [0.1, 0.15) is 30.5 Å². The van der Waals surface area contributed by atoms with Crippen molar-refractivity contribution in [3.8, 4) is 0 Å². The predicted molar refractivity (Wildman–Crippen MR) is 102 cm³/mol. The van der Waals surface area contributed by atoms with Crippen LogP contribution in [0.3, 0.4) is 0 Å². The molecular weight excluding hydrogens is 312 g/mol. The quantitative estimate of drug-likeness (QED) is 0.537. The fourth-order valence-electron chi connectivity index (χ4n) is 2.40. The monoisotopic (exact) mass is 338 g/mol. The Morgan fingerprint density at radius 2 is 1.64 bits per heavy atom. The second-order valence-electron chi connectivity index (χ2n) is 5.79. The number of nitrogens with one attached hydrogen (secondary N) is 3. The Bertz CT molecular complexity index is 671.